The number of carbonyl (C=O) groups is 1. The number of hydrogen-bond acceptors (Lipinski definition) is 6. The Kier molecular flexibility index (Phi) is 67.2. The van der Waals surface area contributed by atoms with E-state index in [4.69, 9.17) is 9.05 Å². The van der Waals surface area contributed by atoms with Crippen LogP contribution in [0.2, 0.25) is 0 Å². The van der Waals surface area contributed by atoms with Crippen LogP contribution >= 0.6 is 7.82 Å². The Morgan fingerprint density at radius 2 is 0.705 bits per heavy atom. The summed E-state index contributed by atoms with van der Waals surface area (Å²) < 4.78 is 23.5. The van der Waals surface area contributed by atoms with Gasteiger partial charge in [-0.3, -0.25) is 9.36 Å². The lowest BCUT2D eigenvalue weighted by atomic mass is 10.0. The highest BCUT2D eigenvalue weighted by Gasteiger charge is 2.23. The first-order valence-corrected chi connectivity index (χ1v) is 39.4. The molecule has 0 saturated carbocycles. The maximum Gasteiger partial charge on any atom is 0.268 e. The minimum atomic E-state index is -4.61. The predicted octanol–water partition coefficient (Wildman–Crippen LogP) is 24.0. The van der Waals surface area contributed by atoms with Gasteiger partial charge in [-0.2, -0.15) is 0 Å². The molecule has 0 radical (unpaired) electrons. The Balaban J connectivity index is 3.97. The smallest absolute Gasteiger partial charge is 0.268 e. The Bertz CT molecular complexity index is 1710. The molecular weight excluding hydrogens is 1100 g/mol. The molecule has 9 heteroatoms. The van der Waals surface area contributed by atoms with Gasteiger partial charge in [0, 0.05) is 6.42 Å². The Hall–Kier alpha value is -2.32. The number of unbranched alkanes of at least 4 members (excludes halogenated alkanes) is 45. The maximum absolute atomic E-state index is 13.1. The average molecular weight is 1250 g/mol. The first kappa shape index (κ1) is 85.7. The van der Waals surface area contributed by atoms with Gasteiger partial charge in [0.1, 0.15) is 13.2 Å². The highest BCUT2D eigenvalue weighted by Crippen LogP contribution is 2.38. The fraction of sp³-hybridized carbons (Fsp3) is 0.810. The van der Waals surface area contributed by atoms with Gasteiger partial charge in [0.15, 0.2) is 0 Å². The van der Waals surface area contributed by atoms with Gasteiger partial charge in [0.05, 0.1) is 39.9 Å². The summed E-state index contributed by atoms with van der Waals surface area (Å²) in [6.45, 7) is 4.56. The number of likely N-dealkylation sites (N-methyl/N-ethyl adjacent to an activating group) is 1. The lowest BCUT2D eigenvalue weighted by molar-refractivity contribution is -0.870. The standard InChI is InChI=1S/C79H147N2O6P/c1-6-8-10-12-14-16-18-20-22-24-26-28-30-32-33-34-35-36-37-38-39-40-41-42-43-44-45-46-47-49-51-53-55-57-59-61-63-65-67-69-71-73-79(83)80-77(76-87-88(84,85)86-75-74-81(3,4)5)78(82)72-70-68-66-64-62-60-58-56-54-52-50-48-31-29-27-25-23-21-19-17-15-13-11-9-7-2/h8,10,14,16,20,22,26,28,32-33,62,64,70,72,77-78,82H,6-7,9,11-13,15,17-19,21,23-25,27,29-31,34-61,63,65-69,71,73-76H2,1-5H3,(H-,80,83,84,85)/b10-8-,16-14-,22-20-,28-26-,33-32-,64-62+,72-70+. The van der Waals surface area contributed by atoms with Crippen molar-refractivity contribution in [3.8, 4) is 0 Å². The average Bonchev–Trinajstić information content (AvgIpc) is 3.71. The number of aliphatic hydroxyl groups excluding tert-OH is 1. The van der Waals surface area contributed by atoms with Gasteiger partial charge in [0.2, 0.25) is 5.91 Å². The summed E-state index contributed by atoms with van der Waals surface area (Å²) in [5.74, 6) is -0.201. The van der Waals surface area contributed by atoms with E-state index in [-0.39, 0.29) is 12.5 Å². The van der Waals surface area contributed by atoms with Gasteiger partial charge >= 0.3 is 0 Å². The van der Waals surface area contributed by atoms with Crippen molar-refractivity contribution in [2.45, 2.75) is 373 Å². The third-order valence-corrected chi connectivity index (χ3v) is 18.1. The molecular formula is C79H147N2O6P. The van der Waals surface area contributed by atoms with E-state index >= 15 is 0 Å². The summed E-state index contributed by atoms with van der Waals surface area (Å²) in [4.78, 5) is 25.7. The van der Waals surface area contributed by atoms with E-state index in [1.165, 1.54) is 270 Å². The van der Waals surface area contributed by atoms with E-state index in [1.807, 2.05) is 27.2 Å². The van der Waals surface area contributed by atoms with Crippen LogP contribution in [0.15, 0.2) is 85.1 Å². The second kappa shape index (κ2) is 69.0. The fourth-order valence-corrected chi connectivity index (χ4v) is 12.0. The third kappa shape index (κ3) is 71.1. The number of nitrogens with zero attached hydrogens (tertiary/aromatic N) is 1. The molecule has 88 heavy (non-hydrogen) atoms. The summed E-state index contributed by atoms with van der Waals surface area (Å²) in [6.07, 6.45) is 98.8. The highest BCUT2D eigenvalue weighted by molar-refractivity contribution is 7.45. The number of carbonyl (C=O) groups excluding carboxylic acids is 1. The van der Waals surface area contributed by atoms with Crippen molar-refractivity contribution in [3.63, 3.8) is 0 Å². The van der Waals surface area contributed by atoms with Gasteiger partial charge in [-0.1, -0.05) is 362 Å². The molecule has 0 aliphatic carbocycles. The van der Waals surface area contributed by atoms with Crippen molar-refractivity contribution in [2.75, 3.05) is 40.9 Å². The van der Waals surface area contributed by atoms with E-state index in [0.717, 1.165) is 70.6 Å². The lowest BCUT2D eigenvalue weighted by Gasteiger charge is -2.29. The topological polar surface area (TPSA) is 108 Å². The largest absolute Gasteiger partial charge is 0.756 e. The minimum absolute atomic E-state index is 0.00618. The van der Waals surface area contributed by atoms with Crippen LogP contribution in [0, 0.1) is 0 Å². The maximum atomic E-state index is 13.1. The quantitative estimate of drug-likeness (QED) is 0.0272. The van der Waals surface area contributed by atoms with Crippen molar-refractivity contribution in [1.82, 2.24) is 5.32 Å². The van der Waals surface area contributed by atoms with E-state index in [2.05, 4.69) is 92.1 Å². The van der Waals surface area contributed by atoms with Gasteiger partial charge in [-0.25, -0.2) is 0 Å². The monoisotopic (exact) mass is 1250 g/mol. The number of nitrogens with one attached hydrogen (secondary N) is 1. The summed E-state index contributed by atoms with van der Waals surface area (Å²) in [7, 11) is 1.26. The number of allylic oxidation sites excluding steroid dienone is 13. The van der Waals surface area contributed by atoms with E-state index in [1.54, 1.807) is 6.08 Å². The zero-order chi connectivity index (χ0) is 64.1. The molecule has 0 aromatic rings. The molecule has 0 aliphatic rings. The summed E-state index contributed by atoms with van der Waals surface area (Å²) in [5.41, 5.74) is 0. The molecule has 0 heterocycles. The third-order valence-electron chi connectivity index (χ3n) is 17.1. The molecule has 0 aromatic heterocycles. The summed E-state index contributed by atoms with van der Waals surface area (Å²) >= 11 is 0. The number of phosphoric ester groups is 1. The molecule has 514 valence electrons. The molecule has 3 atom stereocenters. The van der Waals surface area contributed by atoms with Gasteiger partial charge in [-0.05, 0) is 77.0 Å². The van der Waals surface area contributed by atoms with Crippen molar-refractivity contribution >= 4 is 13.7 Å². The van der Waals surface area contributed by atoms with Crippen LogP contribution in [0.1, 0.15) is 361 Å². The first-order chi connectivity index (χ1) is 43.0. The van der Waals surface area contributed by atoms with Crippen LogP contribution in [0.25, 0.3) is 0 Å². The molecule has 0 saturated heterocycles. The number of rotatable bonds is 70. The molecule has 2 N–H and O–H groups in total. The van der Waals surface area contributed by atoms with Crippen molar-refractivity contribution in [1.29, 1.82) is 0 Å². The van der Waals surface area contributed by atoms with Crippen molar-refractivity contribution < 1.29 is 32.9 Å². The van der Waals surface area contributed by atoms with E-state index < -0.39 is 26.6 Å². The first-order valence-electron chi connectivity index (χ1n) is 37.9. The Morgan fingerprint density at radius 1 is 0.409 bits per heavy atom. The number of hydrogen-bond donors (Lipinski definition) is 2. The van der Waals surface area contributed by atoms with Gasteiger partial charge < -0.3 is 28.8 Å². The Morgan fingerprint density at radius 3 is 1.06 bits per heavy atom. The van der Waals surface area contributed by atoms with Crippen LogP contribution in [-0.2, 0) is 18.4 Å². The van der Waals surface area contributed by atoms with Crippen LogP contribution in [0.3, 0.4) is 0 Å². The van der Waals surface area contributed by atoms with Crippen LogP contribution < -0.4 is 10.2 Å². The molecule has 1 amide bonds. The molecule has 8 nitrogen and oxygen atoms in total. The molecule has 3 unspecified atom stereocenters. The van der Waals surface area contributed by atoms with Gasteiger partial charge in [0.25, 0.3) is 7.82 Å². The second-order valence-electron chi connectivity index (χ2n) is 27.0. The Labute approximate surface area is 547 Å². The van der Waals surface area contributed by atoms with Gasteiger partial charge in [-0.15, -0.1) is 0 Å². The molecule has 0 bridgehead atoms. The number of phosphoric acid groups is 1. The highest BCUT2D eigenvalue weighted by atomic mass is 31.2. The lowest BCUT2D eigenvalue weighted by Crippen LogP contribution is -2.45. The molecule has 0 spiro atoms. The van der Waals surface area contributed by atoms with Crippen LogP contribution in [0.5, 0.6) is 0 Å². The van der Waals surface area contributed by atoms with E-state index in [9.17, 15) is 19.4 Å². The zero-order valence-corrected chi connectivity index (χ0v) is 59.8. The van der Waals surface area contributed by atoms with Crippen LogP contribution in [-0.4, -0.2) is 68.5 Å². The fourth-order valence-electron chi connectivity index (χ4n) is 11.3. The molecule has 0 aliphatic heterocycles. The predicted molar refractivity (Wildman–Crippen MR) is 385 cm³/mol. The minimum Gasteiger partial charge on any atom is -0.756 e. The normalized spacial score (nSPS) is 14.0. The molecule has 0 fully saturated rings. The summed E-state index contributed by atoms with van der Waals surface area (Å²) in [6, 6.07) is -0.906. The van der Waals surface area contributed by atoms with E-state index in [0.29, 0.717) is 17.4 Å². The number of quaternary nitrogens is 1. The van der Waals surface area contributed by atoms with Crippen LogP contribution in [0.4, 0.5) is 0 Å². The number of aliphatic hydroxyl groups is 1. The molecule has 0 rings (SSSR count). The van der Waals surface area contributed by atoms with Crippen molar-refractivity contribution in [3.05, 3.63) is 85.1 Å². The molecule has 0 aromatic carbocycles. The number of amides is 1. The second-order valence-corrected chi connectivity index (χ2v) is 28.4. The zero-order valence-electron chi connectivity index (χ0n) is 58.9. The summed E-state index contributed by atoms with van der Waals surface area (Å²) in [5, 5.41) is 14.0. The van der Waals surface area contributed by atoms with Crippen molar-refractivity contribution in [2.24, 2.45) is 0 Å². The SMILES string of the molecule is CC/C=C\C/C=C\C/C=C\C/C=C\C/C=C\CCCCCCCCCCCCCCCCCCCCCCCCCCCC(=O)NC(COP(=O)([O-])OCC[N+](C)(C)C)C(O)/C=C/CC/C=C/CCCCCCCCCCCCCCCCCCCCC.